The summed E-state index contributed by atoms with van der Waals surface area (Å²) in [5.74, 6) is 0.389. The van der Waals surface area contributed by atoms with Crippen molar-refractivity contribution in [2.24, 2.45) is 0 Å². The molecule has 0 unspecified atom stereocenters. The number of amides is 2. The first-order valence-electron chi connectivity index (χ1n) is 7.33. The molecule has 2 atom stereocenters. The molecule has 1 aromatic carbocycles. The molecular weight excluding hydrogens is 298 g/mol. The van der Waals surface area contributed by atoms with Gasteiger partial charge in [0.05, 0.1) is 12.1 Å². The zero-order valence-electron chi connectivity index (χ0n) is 12.5. The summed E-state index contributed by atoms with van der Waals surface area (Å²) < 4.78 is 0. The lowest BCUT2D eigenvalue weighted by Crippen LogP contribution is -2.36. The number of thiazole rings is 1. The van der Waals surface area contributed by atoms with Crippen molar-refractivity contribution in [3.05, 3.63) is 46.5 Å². The Balaban J connectivity index is 1.67. The van der Waals surface area contributed by atoms with Gasteiger partial charge in [0.25, 0.3) is 0 Å². The van der Waals surface area contributed by atoms with Crippen LogP contribution in [0.25, 0.3) is 0 Å². The Bertz CT molecular complexity index is 684. The number of nitrogens with zero attached hydrogens (tertiary/aromatic N) is 1. The van der Waals surface area contributed by atoms with E-state index in [4.69, 9.17) is 0 Å². The molecule has 0 spiro atoms. The molecule has 1 aliphatic rings. The Morgan fingerprint density at radius 2 is 2.18 bits per heavy atom. The van der Waals surface area contributed by atoms with Gasteiger partial charge in [-0.25, -0.2) is 9.78 Å². The second kappa shape index (κ2) is 6.06. The first kappa shape index (κ1) is 15.0. The zero-order valence-corrected chi connectivity index (χ0v) is 13.4. The SMILES string of the molecule is CC(C)c1cnc(NC(=O)N[C@@H]2c3ccccc3C[C@H]2O)s1. The number of carbonyl (C=O) groups is 1. The first-order valence-corrected chi connectivity index (χ1v) is 8.15. The normalized spacial score (nSPS) is 20.0. The van der Waals surface area contributed by atoms with Gasteiger partial charge in [-0.1, -0.05) is 38.1 Å². The average Bonchev–Trinajstić information content (AvgIpc) is 3.05. The minimum absolute atomic E-state index is 0.342. The lowest BCUT2D eigenvalue weighted by atomic mass is 10.1. The van der Waals surface area contributed by atoms with Crippen LogP contribution in [0.15, 0.2) is 30.5 Å². The number of urea groups is 1. The number of carbonyl (C=O) groups excluding carboxylic acids is 1. The minimum atomic E-state index is -0.592. The van der Waals surface area contributed by atoms with Crippen molar-refractivity contribution in [1.82, 2.24) is 10.3 Å². The molecule has 22 heavy (non-hydrogen) atoms. The van der Waals surface area contributed by atoms with Gasteiger partial charge in [0.2, 0.25) is 0 Å². The van der Waals surface area contributed by atoms with Crippen LogP contribution < -0.4 is 10.6 Å². The van der Waals surface area contributed by atoms with Gasteiger partial charge in [-0.05, 0) is 17.0 Å². The molecule has 0 saturated carbocycles. The fourth-order valence-electron chi connectivity index (χ4n) is 2.63. The largest absolute Gasteiger partial charge is 0.390 e. The third kappa shape index (κ3) is 2.98. The van der Waals surface area contributed by atoms with Crippen LogP contribution in [-0.2, 0) is 6.42 Å². The van der Waals surface area contributed by atoms with E-state index < -0.39 is 6.10 Å². The van der Waals surface area contributed by atoms with E-state index in [0.29, 0.717) is 17.5 Å². The molecule has 116 valence electrons. The monoisotopic (exact) mass is 317 g/mol. The van der Waals surface area contributed by atoms with Crippen molar-refractivity contribution < 1.29 is 9.90 Å². The molecule has 0 bridgehead atoms. The van der Waals surface area contributed by atoms with Gasteiger partial charge in [-0.3, -0.25) is 5.32 Å². The van der Waals surface area contributed by atoms with Crippen LogP contribution in [0.4, 0.5) is 9.93 Å². The van der Waals surface area contributed by atoms with Crippen molar-refractivity contribution in [3.63, 3.8) is 0 Å². The molecule has 2 amide bonds. The molecule has 0 saturated heterocycles. The minimum Gasteiger partial charge on any atom is -0.390 e. The number of anilines is 1. The molecular formula is C16H19N3O2S. The molecule has 0 radical (unpaired) electrons. The maximum absolute atomic E-state index is 12.1. The smallest absolute Gasteiger partial charge is 0.321 e. The van der Waals surface area contributed by atoms with Gasteiger partial charge in [0, 0.05) is 17.5 Å². The van der Waals surface area contributed by atoms with Gasteiger partial charge in [0.15, 0.2) is 5.13 Å². The van der Waals surface area contributed by atoms with Crippen molar-refractivity contribution in [2.45, 2.75) is 38.3 Å². The van der Waals surface area contributed by atoms with Crippen molar-refractivity contribution in [3.8, 4) is 0 Å². The number of aliphatic hydroxyl groups is 1. The highest BCUT2D eigenvalue weighted by Crippen LogP contribution is 2.31. The van der Waals surface area contributed by atoms with Crippen molar-refractivity contribution in [2.75, 3.05) is 5.32 Å². The molecule has 1 heterocycles. The fraction of sp³-hybridized carbons (Fsp3) is 0.375. The molecule has 1 aliphatic carbocycles. The highest BCUT2D eigenvalue weighted by Gasteiger charge is 2.31. The van der Waals surface area contributed by atoms with Crippen LogP contribution in [0.5, 0.6) is 0 Å². The zero-order chi connectivity index (χ0) is 15.7. The third-order valence-electron chi connectivity index (χ3n) is 3.80. The number of hydrogen-bond acceptors (Lipinski definition) is 4. The lowest BCUT2D eigenvalue weighted by Gasteiger charge is -2.17. The molecule has 3 rings (SSSR count). The Morgan fingerprint density at radius 3 is 2.91 bits per heavy atom. The maximum atomic E-state index is 12.1. The summed E-state index contributed by atoms with van der Waals surface area (Å²) in [5, 5.41) is 16.3. The summed E-state index contributed by atoms with van der Waals surface area (Å²) in [6, 6.07) is 7.06. The predicted molar refractivity (Wildman–Crippen MR) is 87.3 cm³/mol. The van der Waals surface area contributed by atoms with Gasteiger partial charge >= 0.3 is 6.03 Å². The molecule has 1 aromatic heterocycles. The second-order valence-corrected chi connectivity index (χ2v) is 6.83. The molecule has 0 aliphatic heterocycles. The fourth-order valence-corrected chi connectivity index (χ4v) is 3.45. The summed E-state index contributed by atoms with van der Waals surface area (Å²) in [7, 11) is 0. The number of aliphatic hydroxyl groups excluding tert-OH is 1. The highest BCUT2D eigenvalue weighted by molar-refractivity contribution is 7.15. The molecule has 5 nitrogen and oxygen atoms in total. The second-order valence-electron chi connectivity index (χ2n) is 5.77. The first-order chi connectivity index (χ1) is 10.5. The Labute approximate surface area is 133 Å². The summed E-state index contributed by atoms with van der Waals surface area (Å²) >= 11 is 1.47. The van der Waals surface area contributed by atoms with Gasteiger partial charge in [0.1, 0.15) is 0 Å². The number of rotatable bonds is 3. The Morgan fingerprint density at radius 1 is 1.41 bits per heavy atom. The molecule has 6 heteroatoms. The van der Waals surface area contributed by atoms with Gasteiger partial charge in [-0.2, -0.15) is 0 Å². The maximum Gasteiger partial charge on any atom is 0.321 e. The lowest BCUT2D eigenvalue weighted by molar-refractivity contribution is 0.144. The van der Waals surface area contributed by atoms with Crippen molar-refractivity contribution >= 4 is 22.5 Å². The molecule has 3 N–H and O–H groups in total. The van der Waals surface area contributed by atoms with Crippen LogP contribution in [0.3, 0.4) is 0 Å². The van der Waals surface area contributed by atoms with E-state index in [1.807, 2.05) is 24.3 Å². The third-order valence-corrected chi connectivity index (χ3v) is 5.02. The van der Waals surface area contributed by atoms with Crippen LogP contribution in [0.1, 0.15) is 41.8 Å². The number of benzene rings is 1. The van der Waals surface area contributed by atoms with Gasteiger partial charge < -0.3 is 10.4 Å². The number of nitrogens with one attached hydrogen (secondary N) is 2. The van der Waals surface area contributed by atoms with Crippen LogP contribution in [0.2, 0.25) is 0 Å². The summed E-state index contributed by atoms with van der Waals surface area (Å²) in [6.45, 7) is 4.17. The highest BCUT2D eigenvalue weighted by atomic mass is 32.1. The summed E-state index contributed by atoms with van der Waals surface area (Å²) in [5.41, 5.74) is 2.06. The Hall–Kier alpha value is -1.92. The van der Waals surface area contributed by atoms with E-state index in [0.717, 1.165) is 16.0 Å². The molecule has 0 fully saturated rings. The van der Waals surface area contributed by atoms with E-state index in [-0.39, 0.29) is 12.1 Å². The van der Waals surface area contributed by atoms with E-state index >= 15 is 0 Å². The topological polar surface area (TPSA) is 74.2 Å². The van der Waals surface area contributed by atoms with Crippen LogP contribution in [-0.4, -0.2) is 22.2 Å². The number of hydrogen-bond donors (Lipinski definition) is 3. The van der Waals surface area contributed by atoms with E-state index in [1.54, 1.807) is 6.20 Å². The Kier molecular flexibility index (Phi) is 4.13. The van der Waals surface area contributed by atoms with Crippen LogP contribution in [0, 0.1) is 0 Å². The summed E-state index contributed by atoms with van der Waals surface area (Å²) in [4.78, 5) is 17.5. The van der Waals surface area contributed by atoms with Crippen molar-refractivity contribution in [1.29, 1.82) is 0 Å². The predicted octanol–water partition coefficient (Wildman–Crippen LogP) is 3.05. The average molecular weight is 317 g/mol. The standard InChI is InChI=1S/C16H19N3O2S/c1-9(2)13-8-17-16(22-13)19-15(21)18-14-11-6-4-3-5-10(11)7-12(14)20/h3-6,8-9,12,14,20H,7H2,1-2H3,(H2,17,18,19,21)/t12-,14-/m1/s1. The van der Waals surface area contributed by atoms with E-state index in [2.05, 4.69) is 29.5 Å². The summed E-state index contributed by atoms with van der Waals surface area (Å²) in [6.07, 6.45) is 1.76. The van der Waals surface area contributed by atoms with E-state index in [9.17, 15) is 9.90 Å². The quantitative estimate of drug-likeness (QED) is 0.814. The number of aromatic nitrogens is 1. The van der Waals surface area contributed by atoms with Gasteiger partial charge in [-0.15, -0.1) is 11.3 Å². The number of fused-ring (bicyclic) bond motifs is 1. The van der Waals surface area contributed by atoms with E-state index in [1.165, 1.54) is 11.3 Å². The van der Waals surface area contributed by atoms with Crippen LogP contribution >= 0.6 is 11.3 Å². The molecule has 2 aromatic rings.